The molecule has 1 atom stereocenters. The van der Waals surface area contributed by atoms with E-state index in [1.807, 2.05) is 42.5 Å². The highest BCUT2D eigenvalue weighted by Crippen LogP contribution is 2.15. The number of pyridine rings is 1. The van der Waals surface area contributed by atoms with Gasteiger partial charge < -0.3 is 10.3 Å². The summed E-state index contributed by atoms with van der Waals surface area (Å²) in [6, 6.07) is 13.6. The van der Waals surface area contributed by atoms with Gasteiger partial charge in [-0.2, -0.15) is 4.98 Å². The van der Waals surface area contributed by atoms with Gasteiger partial charge in [-0.25, -0.2) is 0 Å². The zero-order valence-electron chi connectivity index (χ0n) is 11.5. The van der Waals surface area contributed by atoms with Crippen molar-refractivity contribution in [3.8, 4) is 0 Å². The Kier molecular flexibility index (Phi) is 4.02. The standard InChI is InChI=1S/C16H16N4O/c17-14(10-12-4-2-1-3-5-12)16-19-15(20-21-16)11-13-6-8-18-9-7-13/h1-9,14H,10-11,17H2/t14-/m0/s1. The molecule has 106 valence electrons. The van der Waals surface area contributed by atoms with Crippen LogP contribution >= 0.6 is 0 Å². The highest BCUT2D eigenvalue weighted by Gasteiger charge is 2.15. The molecule has 0 aliphatic heterocycles. The van der Waals surface area contributed by atoms with Crippen molar-refractivity contribution < 1.29 is 4.52 Å². The van der Waals surface area contributed by atoms with Gasteiger partial charge in [0.05, 0.1) is 6.04 Å². The molecule has 0 radical (unpaired) electrons. The molecule has 3 aromatic rings. The van der Waals surface area contributed by atoms with E-state index in [-0.39, 0.29) is 6.04 Å². The van der Waals surface area contributed by atoms with Crippen LogP contribution in [0.1, 0.15) is 28.9 Å². The molecule has 0 aliphatic rings. The summed E-state index contributed by atoms with van der Waals surface area (Å²) in [6.45, 7) is 0. The number of nitrogens with two attached hydrogens (primary N) is 1. The minimum Gasteiger partial charge on any atom is -0.338 e. The average molecular weight is 280 g/mol. The summed E-state index contributed by atoms with van der Waals surface area (Å²) >= 11 is 0. The van der Waals surface area contributed by atoms with Crippen LogP contribution in [0.3, 0.4) is 0 Å². The Balaban J connectivity index is 1.67. The van der Waals surface area contributed by atoms with Gasteiger partial charge in [0.25, 0.3) is 0 Å². The van der Waals surface area contributed by atoms with Crippen LogP contribution in [0.15, 0.2) is 59.4 Å². The molecule has 0 unspecified atom stereocenters. The summed E-state index contributed by atoms with van der Waals surface area (Å²) in [6.07, 6.45) is 4.79. The van der Waals surface area contributed by atoms with Crippen LogP contribution in [0, 0.1) is 0 Å². The first-order valence-electron chi connectivity index (χ1n) is 6.82. The maximum absolute atomic E-state index is 6.13. The maximum Gasteiger partial charge on any atom is 0.243 e. The van der Waals surface area contributed by atoms with E-state index in [1.165, 1.54) is 0 Å². The number of benzene rings is 1. The smallest absolute Gasteiger partial charge is 0.243 e. The molecule has 5 nitrogen and oxygen atoms in total. The molecular formula is C16H16N4O. The average Bonchev–Trinajstić information content (AvgIpc) is 2.98. The first-order valence-corrected chi connectivity index (χ1v) is 6.82. The lowest BCUT2D eigenvalue weighted by Crippen LogP contribution is -2.13. The molecule has 3 rings (SSSR count). The highest BCUT2D eigenvalue weighted by molar-refractivity contribution is 5.18. The van der Waals surface area contributed by atoms with Gasteiger partial charge >= 0.3 is 0 Å². The Bertz CT molecular complexity index is 682. The van der Waals surface area contributed by atoms with Gasteiger partial charge in [0, 0.05) is 18.8 Å². The molecule has 21 heavy (non-hydrogen) atoms. The molecule has 2 heterocycles. The van der Waals surface area contributed by atoms with E-state index < -0.39 is 0 Å². The number of hydrogen-bond acceptors (Lipinski definition) is 5. The van der Waals surface area contributed by atoms with Crippen molar-refractivity contribution in [2.24, 2.45) is 5.73 Å². The summed E-state index contributed by atoms with van der Waals surface area (Å²) in [5.74, 6) is 1.11. The quantitative estimate of drug-likeness (QED) is 0.776. The molecule has 0 saturated carbocycles. The van der Waals surface area contributed by atoms with E-state index in [1.54, 1.807) is 12.4 Å². The summed E-state index contributed by atoms with van der Waals surface area (Å²) in [5.41, 5.74) is 8.37. The predicted octanol–water partition coefficient (Wildman–Crippen LogP) is 2.30. The summed E-state index contributed by atoms with van der Waals surface area (Å²) < 4.78 is 5.27. The minimum atomic E-state index is -0.286. The van der Waals surface area contributed by atoms with E-state index >= 15 is 0 Å². The third-order valence-corrected chi connectivity index (χ3v) is 3.21. The molecule has 1 aromatic carbocycles. The number of hydrogen-bond donors (Lipinski definition) is 1. The van der Waals surface area contributed by atoms with Crippen molar-refractivity contribution in [2.75, 3.05) is 0 Å². The van der Waals surface area contributed by atoms with Crippen molar-refractivity contribution in [2.45, 2.75) is 18.9 Å². The van der Waals surface area contributed by atoms with E-state index in [0.717, 1.165) is 11.1 Å². The Morgan fingerprint density at radius 2 is 1.76 bits per heavy atom. The van der Waals surface area contributed by atoms with Gasteiger partial charge in [-0.05, 0) is 29.7 Å². The van der Waals surface area contributed by atoms with Gasteiger partial charge in [0.2, 0.25) is 5.89 Å². The molecule has 2 N–H and O–H groups in total. The predicted molar refractivity (Wildman–Crippen MR) is 78.4 cm³/mol. The summed E-state index contributed by atoms with van der Waals surface area (Å²) in [4.78, 5) is 8.36. The van der Waals surface area contributed by atoms with Crippen molar-refractivity contribution in [1.29, 1.82) is 0 Å². The van der Waals surface area contributed by atoms with Crippen LogP contribution in [0.2, 0.25) is 0 Å². The van der Waals surface area contributed by atoms with Crippen molar-refractivity contribution in [3.63, 3.8) is 0 Å². The normalized spacial score (nSPS) is 12.2. The molecule has 0 aliphatic carbocycles. The third kappa shape index (κ3) is 3.52. The molecular weight excluding hydrogens is 264 g/mol. The van der Waals surface area contributed by atoms with Gasteiger partial charge in [-0.3, -0.25) is 4.98 Å². The highest BCUT2D eigenvalue weighted by atomic mass is 16.5. The second-order valence-corrected chi connectivity index (χ2v) is 4.88. The zero-order chi connectivity index (χ0) is 14.5. The lowest BCUT2D eigenvalue weighted by molar-refractivity contribution is 0.350. The molecule has 5 heteroatoms. The Morgan fingerprint density at radius 1 is 1.00 bits per heavy atom. The molecule has 0 bridgehead atoms. The molecule has 0 saturated heterocycles. The fourth-order valence-electron chi connectivity index (χ4n) is 2.13. The van der Waals surface area contributed by atoms with Gasteiger partial charge in [-0.1, -0.05) is 35.5 Å². The van der Waals surface area contributed by atoms with Crippen LogP contribution in [-0.2, 0) is 12.8 Å². The Labute approximate surface area is 122 Å². The van der Waals surface area contributed by atoms with Crippen LogP contribution in [0.25, 0.3) is 0 Å². The van der Waals surface area contributed by atoms with Crippen LogP contribution in [-0.4, -0.2) is 15.1 Å². The van der Waals surface area contributed by atoms with Crippen LogP contribution < -0.4 is 5.73 Å². The Morgan fingerprint density at radius 3 is 2.52 bits per heavy atom. The van der Waals surface area contributed by atoms with E-state index in [4.69, 9.17) is 10.3 Å². The van der Waals surface area contributed by atoms with Crippen molar-refractivity contribution in [3.05, 3.63) is 77.7 Å². The third-order valence-electron chi connectivity index (χ3n) is 3.21. The SMILES string of the molecule is N[C@@H](Cc1ccccc1)c1nc(Cc2ccncc2)no1. The van der Waals surface area contributed by atoms with Gasteiger partial charge in [-0.15, -0.1) is 0 Å². The molecule has 0 spiro atoms. The van der Waals surface area contributed by atoms with Crippen LogP contribution in [0.5, 0.6) is 0 Å². The monoisotopic (exact) mass is 280 g/mol. The Hall–Kier alpha value is -2.53. The second-order valence-electron chi connectivity index (χ2n) is 4.88. The zero-order valence-corrected chi connectivity index (χ0v) is 11.5. The second kappa shape index (κ2) is 6.28. The fraction of sp³-hybridized carbons (Fsp3) is 0.188. The molecule has 0 amide bonds. The fourth-order valence-corrected chi connectivity index (χ4v) is 2.13. The topological polar surface area (TPSA) is 77.8 Å². The minimum absolute atomic E-state index is 0.286. The number of nitrogens with zero attached hydrogens (tertiary/aromatic N) is 3. The first-order chi connectivity index (χ1) is 10.3. The van der Waals surface area contributed by atoms with E-state index in [0.29, 0.717) is 24.6 Å². The van der Waals surface area contributed by atoms with Crippen LogP contribution in [0.4, 0.5) is 0 Å². The van der Waals surface area contributed by atoms with Crippen molar-refractivity contribution >= 4 is 0 Å². The largest absolute Gasteiger partial charge is 0.338 e. The number of rotatable bonds is 5. The first kappa shape index (κ1) is 13.5. The summed E-state index contributed by atoms with van der Waals surface area (Å²) in [5, 5.41) is 3.99. The maximum atomic E-state index is 6.13. The van der Waals surface area contributed by atoms with Gasteiger partial charge in [0.1, 0.15) is 0 Å². The van der Waals surface area contributed by atoms with E-state index in [9.17, 15) is 0 Å². The van der Waals surface area contributed by atoms with E-state index in [2.05, 4.69) is 15.1 Å². The van der Waals surface area contributed by atoms with Crippen molar-refractivity contribution in [1.82, 2.24) is 15.1 Å². The lowest BCUT2D eigenvalue weighted by atomic mass is 10.1. The number of aromatic nitrogens is 3. The lowest BCUT2D eigenvalue weighted by Gasteiger charge is -2.05. The summed E-state index contributed by atoms with van der Waals surface area (Å²) in [7, 11) is 0. The molecule has 0 fully saturated rings. The molecule has 2 aromatic heterocycles. The van der Waals surface area contributed by atoms with Gasteiger partial charge in [0.15, 0.2) is 5.82 Å².